The number of Topliss-reactive ketones (excluding diaryl/α,β-unsaturated/α-hetero) is 4. The van der Waals surface area contributed by atoms with Gasteiger partial charge < -0.3 is 41.4 Å². The van der Waals surface area contributed by atoms with Crippen LogP contribution in [0.3, 0.4) is 0 Å². The fourth-order valence-corrected chi connectivity index (χ4v) is 2.90. The molecule has 7 nitrogen and oxygen atoms in total. The molecule has 0 saturated heterocycles. The first kappa shape index (κ1) is 56.7. The minimum Gasteiger partial charge on any atom is -1.00 e. The number of rotatable bonds is 9. The van der Waals surface area contributed by atoms with Gasteiger partial charge >= 0.3 is 50.5 Å². The molecule has 0 fully saturated rings. The molecule has 1 radical (unpaired) electrons. The number of hydrogen-bond acceptors (Lipinski definition) is 7. The van der Waals surface area contributed by atoms with E-state index < -0.39 is 0 Å². The molecule has 15 heteroatoms. The number of aromatic nitrogens is 1. The quantitative estimate of drug-likeness (QED) is 0.287. The summed E-state index contributed by atoms with van der Waals surface area (Å²) < 4.78 is 2.20. The van der Waals surface area contributed by atoms with Gasteiger partial charge in [0.1, 0.15) is 29.7 Å². The van der Waals surface area contributed by atoms with Crippen LogP contribution in [0.15, 0.2) is 5.51 Å². The van der Waals surface area contributed by atoms with E-state index in [0.29, 0.717) is 32.5 Å². The molecule has 0 amide bonds. The van der Waals surface area contributed by atoms with Crippen molar-refractivity contribution in [2.24, 2.45) is 0 Å². The molecule has 0 unspecified atom stereocenters. The maximum Gasteiger partial charge on any atom is 0 e. The van der Waals surface area contributed by atoms with E-state index in [4.69, 9.17) is 5.11 Å². The molecule has 0 aliphatic heterocycles. The number of carbonyl (C=O) groups excluding carboxylic acids is 4. The van der Waals surface area contributed by atoms with Crippen LogP contribution < -0.4 is 34.8 Å². The summed E-state index contributed by atoms with van der Waals surface area (Å²) in [5.74, 6) is 0.596. The smallest absolute Gasteiger partial charge is 0 e. The van der Waals surface area contributed by atoms with Crippen molar-refractivity contribution in [3.8, 4) is 0 Å². The van der Waals surface area contributed by atoms with Crippen LogP contribution in [0.25, 0.3) is 0 Å². The molecule has 0 atom stereocenters. The summed E-state index contributed by atoms with van der Waals surface area (Å²) in [7, 11) is 3.92. The zero-order valence-corrected chi connectivity index (χ0v) is 38.2. The number of aliphatic hydroxyl groups is 1. The van der Waals surface area contributed by atoms with Gasteiger partial charge in [-0.3, -0.25) is 4.79 Å². The van der Waals surface area contributed by atoms with Gasteiger partial charge in [0.2, 0.25) is 5.51 Å². The Morgan fingerprint density at radius 1 is 0.947 bits per heavy atom. The SMILES string of the molecule is CC(=O)CCC(C)=O.CC(=O)CCN(C)C.CC(C)=O.CC[n+]1csc(CCO)c1C.II.I[I-]I.[Br-].[V]. The molecular weight excluding hydrogens is 1180 g/mol. The maximum atomic E-state index is 10.3. The minimum atomic E-state index is 0. The predicted octanol–water partition coefficient (Wildman–Crippen LogP) is 0.514. The van der Waals surface area contributed by atoms with Crippen LogP contribution in [0.5, 0.6) is 0 Å². The van der Waals surface area contributed by atoms with E-state index >= 15 is 0 Å². The van der Waals surface area contributed by atoms with Crippen LogP contribution >= 0.6 is 85.8 Å². The molecule has 38 heavy (non-hydrogen) atoms. The molecule has 0 aromatic carbocycles. The Bertz CT molecular complexity index is 685. The molecule has 1 N–H and O–H groups in total. The van der Waals surface area contributed by atoms with Gasteiger partial charge in [0.05, 0.1) is 4.88 Å². The first-order valence-corrected chi connectivity index (χ1v) is 30.6. The van der Waals surface area contributed by atoms with E-state index in [1.807, 2.05) is 19.0 Å². The number of nitrogens with zero attached hydrogens (tertiary/aromatic N) is 2. The van der Waals surface area contributed by atoms with Crippen LogP contribution in [-0.2, 0) is 50.7 Å². The molecule has 0 spiro atoms. The van der Waals surface area contributed by atoms with E-state index in [1.165, 1.54) is 38.3 Å². The number of hydrogen-bond donors (Lipinski definition) is 1. The second kappa shape index (κ2) is 44.4. The van der Waals surface area contributed by atoms with Gasteiger partial charge in [-0.2, -0.15) is 4.57 Å². The van der Waals surface area contributed by atoms with Crippen molar-refractivity contribution in [2.75, 3.05) is 27.2 Å². The van der Waals surface area contributed by atoms with E-state index in [9.17, 15) is 19.2 Å². The van der Waals surface area contributed by atoms with Crippen molar-refractivity contribution >= 4 is 109 Å². The number of aliphatic hydroxyl groups excluding tert-OH is 1. The van der Waals surface area contributed by atoms with Gasteiger partial charge in [-0.1, -0.05) is 11.3 Å². The normalized spacial score (nSPS) is 8.39. The first-order valence-electron chi connectivity index (χ1n) is 10.9. The van der Waals surface area contributed by atoms with Crippen LogP contribution in [0.1, 0.15) is 71.4 Å². The van der Waals surface area contributed by atoms with Crippen LogP contribution in [-0.4, -0.2) is 60.4 Å². The molecule has 0 bridgehead atoms. The van der Waals surface area contributed by atoms with Crippen molar-refractivity contribution in [1.82, 2.24) is 4.90 Å². The fraction of sp³-hybridized carbons (Fsp3) is 0.696. The summed E-state index contributed by atoms with van der Waals surface area (Å²) in [6.07, 6.45) is 2.27. The second-order valence-corrected chi connectivity index (χ2v) is 24.8. The zero-order valence-electron chi connectivity index (χ0n) is 23.6. The van der Waals surface area contributed by atoms with Gasteiger partial charge in [0.25, 0.3) is 0 Å². The van der Waals surface area contributed by atoms with Crippen LogP contribution in [0.2, 0.25) is 0 Å². The Morgan fingerprint density at radius 3 is 1.47 bits per heavy atom. The van der Waals surface area contributed by atoms with E-state index in [1.54, 1.807) is 18.3 Å². The molecule has 0 saturated carbocycles. The largest absolute Gasteiger partial charge is 1.00 e. The minimum absolute atomic E-state index is 0. The zero-order chi connectivity index (χ0) is 29.7. The second-order valence-electron chi connectivity index (χ2n) is 7.61. The van der Waals surface area contributed by atoms with E-state index in [-0.39, 0.29) is 65.3 Å². The third-order valence-corrected chi connectivity index (χ3v) is 4.72. The molecule has 0 aliphatic carbocycles. The van der Waals surface area contributed by atoms with Crippen molar-refractivity contribution in [1.29, 1.82) is 0 Å². The summed E-state index contributed by atoms with van der Waals surface area (Å²) in [4.78, 5) is 43.5. The fourth-order valence-electron chi connectivity index (χ4n) is 1.84. The van der Waals surface area contributed by atoms with Crippen molar-refractivity contribution in [3.63, 3.8) is 0 Å². The number of ketones is 4. The summed E-state index contributed by atoms with van der Waals surface area (Å²) in [6, 6.07) is 0. The van der Waals surface area contributed by atoms with E-state index in [2.05, 4.69) is 98.4 Å². The Balaban J connectivity index is -0.0000000649. The average Bonchev–Trinajstić information content (AvgIpc) is 3.13. The Labute approximate surface area is 310 Å². The molecule has 1 aromatic heterocycles. The third kappa shape index (κ3) is 58.6. The van der Waals surface area contributed by atoms with Crippen molar-refractivity contribution < 1.29 is 77.6 Å². The number of thiazole rings is 1. The molecule has 1 rings (SSSR count). The van der Waals surface area contributed by atoms with Crippen LogP contribution in [0, 0.1) is 6.92 Å². The van der Waals surface area contributed by atoms with Crippen molar-refractivity contribution in [2.45, 2.75) is 80.7 Å². The number of aryl methyl sites for hydroxylation is 1. The summed E-state index contributed by atoms with van der Waals surface area (Å²) in [5.41, 5.74) is 3.41. The third-order valence-electron chi connectivity index (χ3n) is 3.58. The maximum absolute atomic E-state index is 10.3. The first-order chi connectivity index (χ1) is 16.7. The summed E-state index contributed by atoms with van der Waals surface area (Å²) >= 11 is 11.3. The summed E-state index contributed by atoms with van der Waals surface area (Å²) in [6.45, 7) is 14.0. The topological polar surface area (TPSA) is 95.6 Å². The predicted molar refractivity (Wildman–Crippen MR) is 183 cm³/mol. The van der Waals surface area contributed by atoms with E-state index in [0.717, 1.165) is 19.5 Å². The molecule has 0 aliphatic rings. The molecule has 1 heterocycles. The number of halogens is 6. The molecule has 1 aromatic rings. The van der Waals surface area contributed by atoms with Gasteiger partial charge in [0.15, 0.2) is 5.69 Å². The molecule has 229 valence electrons. The Morgan fingerprint density at radius 2 is 1.29 bits per heavy atom. The van der Waals surface area contributed by atoms with Gasteiger partial charge in [-0.15, -0.1) is 0 Å². The monoisotopic (exact) mass is 1220 g/mol. The van der Waals surface area contributed by atoms with Gasteiger partial charge in [-0.05, 0) is 55.6 Å². The standard InChI is InChI=1S/C8H14NOS.C6H13NO.C6H10O2.C3H6O.BrH.I3.I2.V/c1-3-9-6-11-8(4-5-10)7(9)2;1-6(8)4-5-7(2)3;1-5(7)3-4-6(2)8;1-3(2)4;;1-3-2;1-2;/h6,10H,3-5H2,1-2H3;4-5H2,1-3H3;3-4H2,1-2H3;1-2H3;1H;;;/q+1;;;;;-1;;/p-1. The van der Waals surface area contributed by atoms with Crippen molar-refractivity contribution in [3.05, 3.63) is 16.1 Å². The van der Waals surface area contributed by atoms with Gasteiger partial charge in [-0.25, -0.2) is 0 Å². The van der Waals surface area contributed by atoms with Crippen LogP contribution in [0.4, 0.5) is 0 Å². The van der Waals surface area contributed by atoms with Gasteiger partial charge in [0, 0.05) is 102 Å². The molecular formula is C23H43BrI5N2O5SV-. The Kier molecular flexibility index (Phi) is 66.2. The Hall–Kier alpha value is 2.94. The summed E-state index contributed by atoms with van der Waals surface area (Å²) in [5, 5.41) is 8.72. The number of carbonyl (C=O) groups is 4. The average molecular weight is 1230 g/mol.